The summed E-state index contributed by atoms with van der Waals surface area (Å²) < 4.78 is 0. The van der Waals surface area contributed by atoms with Crippen LogP contribution in [0.25, 0.3) is 11.5 Å². The van der Waals surface area contributed by atoms with Crippen molar-refractivity contribution in [2.75, 3.05) is 19.7 Å². The number of aliphatic hydroxyl groups is 2. The van der Waals surface area contributed by atoms with Crippen molar-refractivity contribution in [1.82, 2.24) is 19.9 Å². The number of aliphatic hydroxyl groups excluding tert-OH is 1. The average Bonchev–Trinajstić information content (AvgIpc) is 2.56. The monoisotopic (exact) mass is 300 g/mol. The van der Waals surface area contributed by atoms with Crippen molar-refractivity contribution in [3.63, 3.8) is 0 Å². The first-order valence-electron chi connectivity index (χ1n) is 7.46. The van der Waals surface area contributed by atoms with Crippen LogP contribution in [0.3, 0.4) is 0 Å². The van der Waals surface area contributed by atoms with Gasteiger partial charge in [-0.25, -0.2) is 9.97 Å². The molecule has 0 spiro atoms. The number of likely N-dealkylation sites (tertiary alicyclic amines) is 1. The highest BCUT2D eigenvalue weighted by molar-refractivity contribution is 5.47. The van der Waals surface area contributed by atoms with Gasteiger partial charge >= 0.3 is 0 Å². The Morgan fingerprint density at radius 3 is 2.68 bits per heavy atom. The zero-order chi connectivity index (χ0) is 15.4. The van der Waals surface area contributed by atoms with Gasteiger partial charge in [-0.15, -0.1) is 0 Å². The third-order valence-electron chi connectivity index (χ3n) is 3.93. The van der Waals surface area contributed by atoms with E-state index < -0.39 is 5.60 Å². The van der Waals surface area contributed by atoms with Crippen molar-refractivity contribution in [2.45, 2.75) is 25.0 Å². The minimum absolute atomic E-state index is 0.196. The predicted octanol–water partition coefficient (Wildman–Crippen LogP) is 0.858. The lowest BCUT2D eigenvalue weighted by molar-refractivity contribution is -0.0687. The van der Waals surface area contributed by atoms with Gasteiger partial charge in [-0.2, -0.15) is 0 Å². The summed E-state index contributed by atoms with van der Waals surface area (Å²) in [6.45, 7) is 1.86. The molecule has 0 bridgehead atoms. The summed E-state index contributed by atoms with van der Waals surface area (Å²) >= 11 is 0. The molecule has 22 heavy (non-hydrogen) atoms. The van der Waals surface area contributed by atoms with Crippen LogP contribution in [0.15, 0.2) is 36.8 Å². The Morgan fingerprint density at radius 2 is 2.00 bits per heavy atom. The number of rotatable bonds is 4. The Labute approximate surface area is 129 Å². The van der Waals surface area contributed by atoms with E-state index >= 15 is 0 Å². The number of β-amino-alcohol motifs (C(OH)–C–C–N with tert-alkyl or cyclic N) is 1. The van der Waals surface area contributed by atoms with Gasteiger partial charge in [0.1, 0.15) is 11.3 Å². The zero-order valence-electron chi connectivity index (χ0n) is 12.4. The smallest absolute Gasteiger partial charge is 0.178 e. The van der Waals surface area contributed by atoms with E-state index in [0.717, 1.165) is 24.2 Å². The average molecular weight is 300 g/mol. The fourth-order valence-electron chi connectivity index (χ4n) is 2.79. The molecule has 3 heterocycles. The molecule has 2 aromatic rings. The number of pyridine rings is 1. The zero-order valence-corrected chi connectivity index (χ0v) is 12.4. The second kappa shape index (κ2) is 6.48. The first kappa shape index (κ1) is 15.0. The molecule has 6 heteroatoms. The third-order valence-corrected chi connectivity index (χ3v) is 3.93. The first-order chi connectivity index (χ1) is 10.7. The number of nitrogens with zero attached hydrogens (tertiary/aromatic N) is 4. The van der Waals surface area contributed by atoms with Crippen LogP contribution in [0.2, 0.25) is 0 Å². The van der Waals surface area contributed by atoms with Crippen molar-refractivity contribution in [1.29, 1.82) is 0 Å². The molecule has 2 N–H and O–H groups in total. The van der Waals surface area contributed by atoms with E-state index in [0.29, 0.717) is 25.3 Å². The molecule has 0 aromatic carbocycles. The SMILES string of the molecule is OC[C@@]1(O)CCCN(Cc2cnc(-c3ccccn3)nc2)C1. The largest absolute Gasteiger partial charge is 0.393 e. The quantitative estimate of drug-likeness (QED) is 0.871. The van der Waals surface area contributed by atoms with Crippen LogP contribution in [0.1, 0.15) is 18.4 Å². The molecule has 1 aliphatic heterocycles. The van der Waals surface area contributed by atoms with Crippen LogP contribution in [-0.4, -0.2) is 55.4 Å². The van der Waals surface area contributed by atoms with Crippen LogP contribution >= 0.6 is 0 Å². The Kier molecular flexibility index (Phi) is 4.42. The Hall–Kier alpha value is -1.89. The van der Waals surface area contributed by atoms with E-state index in [9.17, 15) is 10.2 Å². The van der Waals surface area contributed by atoms with E-state index in [-0.39, 0.29) is 6.61 Å². The van der Waals surface area contributed by atoms with Gasteiger partial charge in [0, 0.05) is 37.2 Å². The lowest BCUT2D eigenvalue weighted by atomic mass is 9.93. The van der Waals surface area contributed by atoms with Gasteiger partial charge in [0.2, 0.25) is 0 Å². The lowest BCUT2D eigenvalue weighted by Gasteiger charge is -2.37. The van der Waals surface area contributed by atoms with Gasteiger partial charge in [-0.1, -0.05) is 6.07 Å². The van der Waals surface area contributed by atoms with Crippen LogP contribution in [-0.2, 0) is 6.54 Å². The molecule has 116 valence electrons. The Bertz CT molecular complexity index is 605. The van der Waals surface area contributed by atoms with Crippen LogP contribution in [0.4, 0.5) is 0 Å². The second-order valence-corrected chi connectivity index (χ2v) is 5.83. The summed E-state index contributed by atoms with van der Waals surface area (Å²) in [6, 6.07) is 5.64. The fourth-order valence-corrected chi connectivity index (χ4v) is 2.79. The van der Waals surface area contributed by atoms with Crippen molar-refractivity contribution in [3.05, 3.63) is 42.4 Å². The summed E-state index contributed by atoms with van der Waals surface area (Å²) in [7, 11) is 0. The maximum Gasteiger partial charge on any atom is 0.178 e. The normalized spacial score (nSPS) is 22.6. The van der Waals surface area contributed by atoms with Gasteiger partial charge in [0.15, 0.2) is 5.82 Å². The van der Waals surface area contributed by atoms with E-state index in [1.54, 1.807) is 18.6 Å². The molecule has 3 rings (SSSR count). The minimum atomic E-state index is -0.979. The number of hydrogen-bond acceptors (Lipinski definition) is 6. The third kappa shape index (κ3) is 3.47. The Morgan fingerprint density at radius 1 is 1.18 bits per heavy atom. The standard InChI is InChI=1S/C16H20N4O2/c21-12-16(22)5-3-7-20(11-16)10-13-8-18-15(19-9-13)14-4-1-2-6-17-14/h1-2,4,6,8-9,21-22H,3,5,7,10-12H2/t16-/m1/s1. The van der Waals surface area contributed by atoms with Crippen molar-refractivity contribution < 1.29 is 10.2 Å². The maximum absolute atomic E-state index is 10.2. The second-order valence-electron chi connectivity index (χ2n) is 5.83. The predicted molar refractivity (Wildman–Crippen MR) is 81.8 cm³/mol. The number of hydrogen-bond donors (Lipinski definition) is 2. The first-order valence-corrected chi connectivity index (χ1v) is 7.46. The van der Waals surface area contributed by atoms with Gasteiger partial charge < -0.3 is 10.2 Å². The molecule has 1 atom stereocenters. The molecule has 0 amide bonds. The molecule has 0 radical (unpaired) electrons. The minimum Gasteiger partial charge on any atom is -0.393 e. The highest BCUT2D eigenvalue weighted by Crippen LogP contribution is 2.22. The highest BCUT2D eigenvalue weighted by Gasteiger charge is 2.32. The molecule has 1 saturated heterocycles. The topological polar surface area (TPSA) is 82.4 Å². The van der Waals surface area contributed by atoms with Gasteiger partial charge in [-0.05, 0) is 31.5 Å². The molecule has 1 aliphatic rings. The highest BCUT2D eigenvalue weighted by atomic mass is 16.3. The van der Waals surface area contributed by atoms with Crippen molar-refractivity contribution >= 4 is 0 Å². The molecular weight excluding hydrogens is 280 g/mol. The van der Waals surface area contributed by atoms with Crippen molar-refractivity contribution in [2.24, 2.45) is 0 Å². The maximum atomic E-state index is 10.2. The molecule has 6 nitrogen and oxygen atoms in total. The summed E-state index contributed by atoms with van der Waals surface area (Å²) in [5, 5.41) is 19.5. The molecule has 0 aliphatic carbocycles. The van der Waals surface area contributed by atoms with Gasteiger partial charge in [0.25, 0.3) is 0 Å². The lowest BCUT2D eigenvalue weighted by Crippen LogP contribution is -2.50. The number of aromatic nitrogens is 3. The molecule has 0 saturated carbocycles. The van der Waals surface area contributed by atoms with Crippen LogP contribution in [0, 0.1) is 0 Å². The van der Waals surface area contributed by atoms with Crippen molar-refractivity contribution in [3.8, 4) is 11.5 Å². The van der Waals surface area contributed by atoms with Crippen LogP contribution < -0.4 is 0 Å². The summed E-state index contributed by atoms with van der Waals surface area (Å²) in [5.41, 5.74) is 0.760. The van der Waals surface area contributed by atoms with E-state index in [2.05, 4.69) is 19.9 Å². The van der Waals surface area contributed by atoms with E-state index in [1.807, 2.05) is 18.2 Å². The fraction of sp³-hybridized carbons (Fsp3) is 0.438. The summed E-state index contributed by atoms with van der Waals surface area (Å²) in [4.78, 5) is 15.1. The van der Waals surface area contributed by atoms with E-state index in [4.69, 9.17) is 0 Å². The van der Waals surface area contributed by atoms with E-state index in [1.165, 1.54) is 0 Å². The molecular formula is C16H20N4O2. The summed E-state index contributed by atoms with van der Waals surface area (Å²) in [6.07, 6.45) is 6.84. The molecule has 1 fully saturated rings. The van der Waals surface area contributed by atoms with Gasteiger partial charge in [0.05, 0.1) is 6.61 Å². The van der Waals surface area contributed by atoms with Gasteiger partial charge in [-0.3, -0.25) is 9.88 Å². The summed E-state index contributed by atoms with van der Waals surface area (Å²) in [5.74, 6) is 0.606. The molecule has 2 aromatic heterocycles. The number of piperidine rings is 1. The Balaban J connectivity index is 1.66. The molecule has 0 unspecified atom stereocenters. The van der Waals surface area contributed by atoms with Crippen LogP contribution in [0.5, 0.6) is 0 Å².